The molecule has 0 spiro atoms. The van der Waals surface area contributed by atoms with Crippen molar-refractivity contribution >= 4 is 12.1 Å². The summed E-state index contributed by atoms with van der Waals surface area (Å²) in [6.45, 7) is 6.43. The molecule has 0 bridgehead atoms. The minimum Gasteiger partial charge on any atom is -0.338 e. The first kappa shape index (κ1) is 19.9. The predicted octanol–water partition coefficient (Wildman–Crippen LogP) is 2.90. The van der Waals surface area contributed by atoms with Gasteiger partial charge in [-0.05, 0) is 38.4 Å². The van der Waals surface area contributed by atoms with Crippen molar-refractivity contribution in [3.63, 3.8) is 0 Å². The summed E-state index contributed by atoms with van der Waals surface area (Å²) >= 11 is 0. The molecule has 0 radical (unpaired) electrons. The summed E-state index contributed by atoms with van der Waals surface area (Å²) in [5, 5.41) is 3.13. The molecule has 2 saturated heterocycles. The van der Waals surface area contributed by atoms with Crippen LogP contribution in [-0.2, 0) is 0 Å². The predicted molar refractivity (Wildman–Crippen MR) is 112 cm³/mol. The van der Waals surface area contributed by atoms with E-state index in [0.29, 0.717) is 6.04 Å². The van der Waals surface area contributed by atoms with Gasteiger partial charge in [0.05, 0.1) is 0 Å². The molecule has 2 fully saturated rings. The number of hydrogen-bond donors (Lipinski definition) is 1. The molecule has 5 heteroatoms. The summed E-state index contributed by atoms with van der Waals surface area (Å²) in [6, 6.07) is 11.1. The molecule has 2 aliphatic rings. The van der Waals surface area contributed by atoms with E-state index in [9.17, 15) is 4.79 Å². The number of piperazine rings is 1. The number of rotatable bonds is 6. The number of carbonyl (C=O) groups is 1. The van der Waals surface area contributed by atoms with Gasteiger partial charge in [0.1, 0.15) is 0 Å². The average molecular weight is 371 g/mol. The van der Waals surface area contributed by atoms with Crippen LogP contribution in [0.3, 0.4) is 0 Å². The fourth-order valence-corrected chi connectivity index (χ4v) is 4.00. The monoisotopic (exact) mass is 370 g/mol. The maximum atomic E-state index is 12.4. The molecule has 2 amide bonds. The molecule has 3 rings (SSSR count). The van der Waals surface area contributed by atoms with Gasteiger partial charge in [-0.25, -0.2) is 4.79 Å². The second-order valence-electron chi connectivity index (χ2n) is 7.75. The highest BCUT2D eigenvalue weighted by molar-refractivity contribution is 5.74. The van der Waals surface area contributed by atoms with Crippen molar-refractivity contribution in [3.05, 3.63) is 42.0 Å². The number of likely N-dealkylation sites (tertiary alicyclic amines) is 1. The van der Waals surface area contributed by atoms with E-state index in [0.717, 1.165) is 45.7 Å². The molecule has 148 valence electrons. The Morgan fingerprint density at radius 1 is 1.11 bits per heavy atom. The van der Waals surface area contributed by atoms with E-state index in [2.05, 4.69) is 58.6 Å². The third-order valence-electron chi connectivity index (χ3n) is 5.81. The SMILES string of the molecule is CN1CCCCC1CCNC(=O)N1CCN(CC=Cc2ccccc2)CC1. The number of amides is 2. The summed E-state index contributed by atoms with van der Waals surface area (Å²) in [7, 11) is 2.21. The van der Waals surface area contributed by atoms with Crippen molar-refractivity contribution in [2.75, 3.05) is 52.9 Å². The highest BCUT2D eigenvalue weighted by Crippen LogP contribution is 2.17. The number of nitrogens with zero attached hydrogens (tertiary/aromatic N) is 3. The molecule has 1 aromatic rings. The minimum absolute atomic E-state index is 0.105. The number of piperidine rings is 1. The molecular weight excluding hydrogens is 336 g/mol. The van der Waals surface area contributed by atoms with Gasteiger partial charge in [-0.15, -0.1) is 0 Å². The van der Waals surface area contributed by atoms with Crippen LogP contribution in [0.25, 0.3) is 6.08 Å². The first-order valence-corrected chi connectivity index (χ1v) is 10.4. The summed E-state index contributed by atoms with van der Waals surface area (Å²) in [5.41, 5.74) is 1.24. The highest BCUT2D eigenvalue weighted by atomic mass is 16.2. The largest absolute Gasteiger partial charge is 0.338 e. The Morgan fingerprint density at radius 3 is 2.63 bits per heavy atom. The molecule has 5 nitrogen and oxygen atoms in total. The zero-order chi connectivity index (χ0) is 18.9. The molecule has 0 aliphatic carbocycles. The zero-order valence-electron chi connectivity index (χ0n) is 16.6. The Balaban J connectivity index is 1.31. The molecule has 1 unspecified atom stereocenters. The summed E-state index contributed by atoms with van der Waals surface area (Å²) in [4.78, 5) is 19.2. The molecule has 0 aromatic heterocycles. The normalized spacial score (nSPS) is 22.3. The van der Waals surface area contributed by atoms with Gasteiger partial charge in [0.15, 0.2) is 0 Å². The van der Waals surface area contributed by atoms with Crippen molar-refractivity contribution < 1.29 is 4.79 Å². The summed E-state index contributed by atoms with van der Waals surface area (Å²) < 4.78 is 0. The Labute approximate surface area is 164 Å². The molecule has 27 heavy (non-hydrogen) atoms. The second-order valence-corrected chi connectivity index (χ2v) is 7.75. The van der Waals surface area contributed by atoms with E-state index < -0.39 is 0 Å². The van der Waals surface area contributed by atoms with Gasteiger partial charge >= 0.3 is 6.03 Å². The van der Waals surface area contributed by atoms with Gasteiger partial charge in [0.2, 0.25) is 0 Å². The lowest BCUT2D eigenvalue weighted by molar-refractivity contribution is 0.143. The number of urea groups is 1. The first-order valence-electron chi connectivity index (χ1n) is 10.4. The summed E-state index contributed by atoms with van der Waals surface area (Å²) in [5.74, 6) is 0. The van der Waals surface area contributed by atoms with E-state index in [1.165, 1.54) is 31.4 Å². The average Bonchev–Trinajstić information content (AvgIpc) is 2.71. The fourth-order valence-electron chi connectivity index (χ4n) is 4.00. The second kappa shape index (κ2) is 10.5. The van der Waals surface area contributed by atoms with E-state index in [1.807, 2.05) is 11.0 Å². The smallest absolute Gasteiger partial charge is 0.317 e. The lowest BCUT2D eigenvalue weighted by Gasteiger charge is -2.35. The van der Waals surface area contributed by atoms with Crippen LogP contribution in [-0.4, -0.2) is 79.6 Å². The highest BCUT2D eigenvalue weighted by Gasteiger charge is 2.22. The molecule has 1 atom stereocenters. The third-order valence-corrected chi connectivity index (χ3v) is 5.81. The molecule has 2 heterocycles. The van der Waals surface area contributed by atoms with Crippen molar-refractivity contribution in [1.82, 2.24) is 20.0 Å². The van der Waals surface area contributed by atoms with E-state index in [1.54, 1.807) is 0 Å². The number of nitrogens with one attached hydrogen (secondary N) is 1. The van der Waals surface area contributed by atoms with Crippen LogP contribution in [0.1, 0.15) is 31.2 Å². The molecule has 1 N–H and O–H groups in total. The standard InChI is InChI=1S/C22H34N4O/c1-24-14-6-5-11-21(24)12-13-23-22(27)26-18-16-25(17-19-26)15-7-10-20-8-3-2-4-9-20/h2-4,7-10,21H,5-6,11-19H2,1H3,(H,23,27). The van der Waals surface area contributed by atoms with E-state index in [-0.39, 0.29) is 6.03 Å². The maximum Gasteiger partial charge on any atom is 0.317 e. The molecule has 0 saturated carbocycles. The van der Waals surface area contributed by atoms with Gasteiger partial charge in [-0.1, -0.05) is 48.9 Å². The Bertz CT molecular complexity index is 596. The maximum absolute atomic E-state index is 12.4. The Hall–Kier alpha value is -1.85. The fraction of sp³-hybridized carbons (Fsp3) is 0.591. The van der Waals surface area contributed by atoms with Gasteiger partial charge in [0.25, 0.3) is 0 Å². The molecule has 2 aliphatic heterocycles. The van der Waals surface area contributed by atoms with Crippen LogP contribution in [0.5, 0.6) is 0 Å². The van der Waals surface area contributed by atoms with Crippen LogP contribution in [0.2, 0.25) is 0 Å². The topological polar surface area (TPSA) is 38.8 Å². The molecule has 1 aromatic carbocycles. The van der Waals surface area contributed by atoms with Gasteiger partial charge in [-0.2, -0.15) is 0 Å². The van der Waals surface area contributed by atoms with Gasteiger partial charge in [0, 0.05) is 45.3 Å². The van der Waals surface area contributed by atoms with Crippen LogP contribution < -0.4 is 5.32 Å². The van der Waals surface area contributed by atoms with Crippen molar-refractivity contribution in [3.8, 4) is 0 Å². The minimum atomic E-state index is 0.105. The molecular formula is C22H34N4O. The van der Waals surface area contributed by atoms with Crippen LogP contribution in [0.15, 0.2) is 36.4 Å². The van der Waals surface area contributed by atoms with Gasteiger partial charge < -0.3 is 15.1 Å². The number of carbonyl (C=O) groups excluding carboxylic acids is 1. The van der Waals surface area contributed by atoms with Crippen LogP contribution in [0, 0.1) is 0 Å². The lowest BCUT2D eigenvalue weighted by atomic mass is 10.0. The van der Waals surface area contributed by atoms with Gasteiger partial charge in [-0.3, -0.25) is 4.90 Å². The summed E-state index contributed by atoms with van der Waals surface area (Å²) in [6.07, 6.45) is 9.34. The van der Waals surface area contributed by atoms with E-state index in [4.69, 9.17) is 0 Å². The van der Waals surface area contributed by atoms with Crippen molar-refractivity contribution in [1.29, 1.82) is 0 Å². The van der Waals surface area contributed by atoms with Crippen molar-refractivity contribution in [2.24, 2.45) is 0 Å². The van der Waals surface area contributed by atoms with Crippen molar-refractivity contribution in [2.45, 2.75) is 31.7 Å². The Kier molecular flexibility index (Phi) is 7.72. The first-order chi connectivity index (χ1) is 13.2. The van der Waals surface area contributed by atoms with E-state index >= 15 is 0 Å². The Morgan fingerprint density at radius 2 is 1.89 bits per heavy atom. The zero-order valence-corrected chi connectivity index (χ0v) is 16.6. The number of benzene rings is 1. The quantitative estimate of drug-likeness (QED) is 0.837. The third kappa shape index (κ3) is 6.36. The number of hydrogen-bond acceptors (Lipinski definition) is 3. The van der Waals surface area contributed by atoms with Crippen LogP contribution in [0.4, 0.5) is 4.79 Å². The lowest BCUT2D eigenvalue weighted by Crippen LogP contribution is -2.52. The van der Waals surface area contributed by atoms with Crippen LogP contribution >= 0.6 is 0 Å².